The van der Waals surface area contributed by atoms with Crippen molar-refractivity contribution in [3.8, 4) is 0 Å². The zero-order chi connectivity index (χ0) is 13.3. The first-order chi connectivity index (χ1) is 9.25. The van der Waals surface area contributed by atoms with Crippen LogP contribution in [0.1, 0.15) is 24.8 Å². The summed E-state index contributed by atoms with van der Waals surface area (Å²) < 4.78 is 0. The lowest BCUT2D eigenvalue weighted by atomic mass is 9.68. The molecule has 100 valence electrons. The maximum absolute atomic E-state index is 12.1. The number of nitrogens with one attached hydrogen (secondary N) is 2. The summed E-state index contributed by atoms with van der Waals surface area (Å²) in [7, 11) is 0. The molecule has 1 aliphatic carbocycles. The van der Waals surface area contributed by atoms with Crippen LogP contribution in [0.25, 0.3) is 10.9 Å². The van der Waals surface area contributed by atoms with Crippen LogP contribution in [-0.2, 0) is 11.3 Å². The number of aromatic amines is 1. The van der Waals surface area contributed by atoms with Gasteiger partial charge in [-0.15, -0.1) is 0 Å². The number of H-pyrrole nitrogens is 1. The normalized spacial score (nSPS) is 17.1. The zero-order valence-electron chi connectivity index (χ0n) is 10.8. The molecule has 4 heteroatoms. The highest BCUT2D eigenvalue weighted by molar-refractivity contribution is 5.86. The van der Waals surface area contributed by atoms with Gasteiger partial charge in [0.25, 0.3) is 0 Å². The Bertz CT molecular complexity index is 593. The van der Waals surface area contributed by atoms with Gasteiger partial charge in [-0.2, -0.15) is 0 Å². The SMILES string of the molecule is O=C(NCc1c[nH]c2ccccc12)C1(CO)CCC1. The van der Waals surface area contributed by atoms with Gasteiger partial charge in [0.15, 0.2) is 0 Å². The number of hydrogen-bond donors (Lipinski definition) is 3. The van der Waals surface area contributed by atoms with Crippen molar-refractivity contribution in [2.75, 3.05) is 6.61 Å². The van der Waals surface area contributed by atoms with Crippen molar-refractivity contribution in [3.05, 3.63) is 36.0 Å². The summed E-state index contributed by atoms with van der Waals surface area (Å²) in [6.07, 6.45) is 4.55. The molecule has 0 saturated heterocycles. The number of benzene rings is 1. The lowest BCUT2D eigenvalue weighted by Gasteiger charge is -2.38. The lowest BCUT2D eigenvalue weighted by Crippen LogP contribution is -2.47. The van der Waals surface area contributed by atoms with Crippen LogP contribution in [0.3, 0.4) is 0 Å². The molecule has 3 N–H and O–H groups in total. The average molecular weight is 258 g/mol. The molecule has 2 aromatic rings. The van der Waals surface area contributed by atoms with Crippen LogP contribution in [0, 0.1) is 5.41 Å². The summed E-state index contributed by atoms with van der Waals surface area (Å²) in [5.74, 6) is -0.0217. The summed E-state index contributed by atoms with van der Waals surface area (Å²) in [6, 6.07) is 8.03. The van der Waals surface area contributed by atoms with Crippen molar-refractivity contribution in [2.24, 2.45) is 5.41 Å². The number of fused-ring (bicyclic) bond motifs is 1. The highest BCUT2D eigenvalue weighted by atomic mass is 16.3. The number of para-hydroxylation sites is 1. The average Bonchev–Trinajstić information content (AvgIpc) is 2.79. The van der Waals surface area contributed by atoms with Gasteiger partial charge >= 0.3 is 0 Å². The first-order valence-corrected chi connectivity index (χ1v) is 6.69. The van der Waals surface area contributed by atoms with Crippen molar-refractivity contribution < 1.29 is 9.90 Å². The van der Waals surface area contributed by atoms with Crippen LogP contribution in [0.5, 0.6) is 0 Å². The number of aromatic nitrogens is 1. The Morgan fingerprint density at radius 2 is 2.16 bits per heavy atom. The fraction of sp³-hybridized carbons (Fsp3) is 0.400. The van der Waals surface area contributed by atoms with E-state index in [1.165, 1.54) is 0 Å². The van der Waals surface area contributed by atoms with E-state index in [1.54, 1.807) is 0 Å². The number of aliphatic hydroxyl groups is 1. The predicted molar refractivity (Wildman–Crippen MR) is 73.5 cm³/mol. The molecule has 0 bridgehead atoms. The highest BCUT2D eigenvalue weighted by Gasteiger charge is 2.43. The van der Waals surface area contributed by atoms with E-state index in [2.05, 4.69) is 10.3 Å². The predicted octanol–water partition coefficient (Wildman–Crippen LogP) is 1.95. The van der Waals surface area contributed by atoms with E-state index in [9.17, 15) is 9.90 Å². The molecule has 0 atom stereocenters. The smallest absolute Gasteiger partial charge is 0.228 e. The van der Waals surface area contributed by atoms with Crippen molar-refractivity contribution in [2.45, 2.75) is 25.8 Å². The Morgan fingerprint density at radius 1 is 1.37 bits per heavy atom. The van der Waals surface area contributed by atoms with Gasteiger partial charge in [0.1, 0.15) is 0 Å². The Balaban J connectivity index is 1.71. The monoisotopic (exact) mass is 258 g/mol. The van der Waals surface area contributed by atoms with Gasteiger partial charge in [0.05, 0.1) is 12.0 Å². The molecule has 1 aliphatic rings. The first kappa shape index (κ1) is 12.2. The summed E-state index contributed by atoms with van der Waals surface area (Å²) in [5.41, 5.74) is 1.63. The van der Waals surface area contributed by atoms with Gasteiger partial charge in [0.2, 0.25) is 5.91 Å². The molecule has 3 rings (SSSR count). The number of carbonyl (C=O) groups is 1. The van der Waals surface area contributed by atoms with Gasteiger partial charge in [-0.1, -0.05) is 24.6 Å². The topological polar surface area (TPSA) is 65.1 Å². The largest absolute Gasteiger partial charge is 0.395 e. The fourth-order valence-electron chi connectivity index (χ4n) is 2.70. The van der Waals surface area contributed by atoms with Crippen molar-refractivity contribution >= 4 is 16.8 Å². The van der Waals surface area contributed by atoms with Crippen LogP contribution in [0.15, 0.2) is 30.5 Å². The van der Waals surface area contributed by atoms with Crippen LogP contribution in [-0.4, -0.2) is 22.6 Å². The van der Waals surface area contributed by atoms with Gasteiger partial charge in [-0.05, 0) is 24.5 Å². The molecule has 1 aromatic heterocycles. The number of hydrogen-bond acceptors (Lipinski definition) is 2. The number of amides is 1. The van der Waals surface area contributed by atoms with E-state index in [4.69, 9.17) is 0 Å². The minimum absolute atomic E-state index is 0.0217. The number of rotatable bonds is 4. The summed E-state index contributed by atoms with van der Waals surface area (Å²) in [5, 5.41) is 13.5. The molecular weight excluding hydrogens is 240 g/mol. The zero-order valence-corrected chi connectivity index (χ0v) is 10.8. The van der Waals surface area contributed by atoms with E-state index in [0.717, 1.165) is 35.7 Å². The Kier molecular flexibility index (Phi) is 3.03. The molecule has 1 heterocycles. The molecule has 1 amide bonds. The van der Waals surface area contributed by atoms with Crippen molar-refractivity contribution in [1.29, 1.82) is 0 Å². The maximum Gasteiger partial charge on any atom is 0.228 e. The quantitative estimate of drug-likeness (QED) is 0.784. The molecule has 0 aliphatic heterocycles. The minimum atomic E-state index is -0.522. The second-order valence-corrected chi connectivity index (χ2v) is 5.33. The Morgan fingerprint density at radius 3 is 2.84 bits per heavy atom. The molecule has 19 heavy (non-hydrogen) atoms. The fourth-order valence-corrected chi connectivity index (χ4v) is 2.70. The van der Waals surface area contributed by atoms with Crippen molar-refractivity contribution in [3.63, 3.8) is 0 Å². The van der Waals surface area contributed by atoms with E-state index in [1.807, 2.05) is 30.5 Å². The van der Waals surface area contributed by atoms with Gasteiger partial charge < -0.3 is 15.4 Å². The summed E-state index contributed by atoms with van der Waals surface area (Å²) >= 11 is 0. The third-order valence-corrected chi connectivity index (χ3v) is 4.21. The maximum atomic E-state index is 12.1. The minimum Gasteiger partial charge on any atom is -0.395 e. The second-order valence-electron chi connectivity index (χ2n) is 5.33. The first-order valence-electron chi connectivity index (χ1n) is 6.69. The van der Waals surface area contributed by atoms with E-state index in [0.29, 0.717) is 6.54 Å². The van der Waals surface area contributed by atoms with Crippen LogP contribution in [0.4, 0.5) is 0 Å². The van der Waals surface area contributed by atoms with Gasteiger partial charge in [-0.3, -0.25) is 4.79 Å². The van der Waals surface area contributed by atoms with Crippen molar-refractivity contribution in [1.82, 2.24) is 10.3 Å². The molecule has 1 fully saturated rings. The van der Waals surface area contributed by atoms with Crippen LogP contribution >= 0.6 is 0 Å². The van der Waals surface area contributed by atoms with Gasteiger partial charge in [-0.25, -0.2) is 0 Å². The Hall–Kier alpha value is -1.81. The van der Waals surface area contributed by atoms with E-state index in [-0.39, 0.29) is 12.5 Å². The molecular formula is C15H18N2O2. The highest BCUT2D eigenvalue weighted by Crippen LogP contribution is 2.40. The number of aliphatic hydroxyl groups excluding tert-OH is 1. The lowest BCUT2D eigenvalue weighted by molar-refractivity contribution is -0.139. The summed E-state index contributed by atoms with van der Waals surface area (Å²) in [4.78, 5) is 15.3. The molecule has 1 saturated carbocycles. The molecule has 0 radical (unpaired) electrons. The van der Waals surface area contributed by atoms with Gasteiger partial charge in [0, 0.05) is 23.6 Å². The molecule has 0 unspecified atom stereocenters. The molecule has 4 nitrogen and oxygen atoms in total. The standard InChI is InChI=1S/C15H18N2O2/c18-10-15(6-3-7-15)14(19)17-9-11-8-16-13-5-2-1-4-12(11)13/h1-2,4-5,8,16,18H,3,6-7,9-10H2,(H,17,19). The second kappa shape index (κ2) is 4.70. The molecule has 0 spiro atoms. The third kappa shape index (κ3) is 2.02. The van der Waals surface area contributed by atoms with Crippen LogP contribution in [0.2, 0.25) is 0 Å². The van der Waals surface area contributed by atoms with E-state index >= 15 is 0 Å². The third-order valence-electron chi connectivity index (χ3n) is 4.21. The number of carbonyl (C=O) groups excluding carboxylic acids is 1. The van der Waals surface area contributed by atoms with E-state index < -0.39 is 5.41 Å². The Labute approximate surface area is 111 Å². The van der Waals surface area contributed by atoms with Crippen LogP contribution < -0.4 is 5.32 Å². The molecule has 1 aromatic carbocycles. The summed E-state index contributed by atoms with van der Waals surface area (Å²) in [6.45, 7) is 0.456.